The molecule has 0 heterocycles. The van der Waals surface area contributed by atoms with E-state index >= 15 is 0 Å². The lowest BCUT2D eigenvalue weighted by Crippen LogP contribution is -2.27. The van der Waals surface area contributed by atoms with Gasteiger partial charge in [-0.3, -0.25) is 9.59 Å². The van der Waals surface area contributed by atoms with Crippen molar-refractivity contribution in [1.82, 2.24) is 4.90 Å². The smallest absolute Gasteiger partial charge is 0.248 e. The second-order valence-corrected chi connectivity index (χ2v) is 5.24. The largest absolute Gasteiger partial charge is 0.377 e. The van der Waals surface area contributed by atoms with E-state index < -0.39 is 0 Å². The molecule has 0 aliphatic heterocycles. The molecule has 130 valence electrons. The van der Waals surface area contributed by atoms with Gasteiger partial charge in [-0.1, -0.05) is 13.8 Å². The lowest BCUT2D eigenvalue weighted by molar-refractivity contribution is -0.134. The van der Waals surface area contributed by atoms with Crippen molar-refractivity contribution in [2.24, 2.45) is 5.92 Å². The topological polar surface area (TPSA) is 74.3 Å². The summed E-state index contributed by atoms with van der Waals surface area (Å²) in [4.78, 5) is 23.9. The standard InChI is InChI=1S/C15H29NO6/c1-13(2)14(17)11-21-9-7-19-5-6-20-8-10-22-12-15(18)16(3)4/h13H,5-12H2,1-4H3. The van der Waals surface area contributed by atoms with Crippen molar-refractivity contribution in [3.05, 3.63) is 0 Å². The molecule has 0 aromatic carbocycles. The Morgan fingerprint density at radius 3 is 1.59 bits per heavy atom. The lowest BCUT2D eigenvalue weighted by Gasteiger charge is -2.10. The van der Waals surface area contributed by atoms with Crippen molar-refractivity contribution in [3.8, 4) is 0 Å². The Bertz CT molecular complexity index is 276. The minimum atomic E-state index is -0.0701. The van der Waals surface area contributed by atoms with Gasteiger partial charge in [-0.05, 0) is 0 Å². The highest BCUT2D eigenvalue weighted by molar-refractivity contribution is 5.81. The first-order valence-electron chi connectivity index (χ1n) is 7.49. The SMILES string of the molecule is CC(C)C(=O)COCCOCCOCCOCC(=O)N(C)C. The fourth-order valence-corrected chi connectivity index (χ4v) is 1.19. The molecule has 0 rings (SSSR count). The second-order valence-electron chi connectivity index (χ2n) is 5.24. The normalized spacial score (nSPS) is 11.0. The fraction of sp³-hybridized carbons (Fsp3) is 0.867. The van der Waals surface area contributed by atoms with Gasteiger partial charge in [0.1, 0.15) is 13.2 Å². The summed E-state index contributed by atoms with van der Waals surface area (Å²) in [6.07, 6.45) is 0. The van der Waals surface area contributed by atoms with Crippen molar-refractivity contribution in [2.75, 3.05) is 67.0 Å². The molecular weight excluding hydrogens is 290 g/mol. The van der Waals surface area contributed by atoms with Gasteiger partial charge in [-0.15, -0.1) is 0 Å². The number of likely N-dealkylation sites (N-methyl/N-ethyl adjacent to an activating group) is 1. The Kier molecular flexibility index (Phi) is 13.0. The van der Waals surface area contributed by atoms with Crippen LogP contribution in [0.25, 0.3) is 0 Å². The molecule has 0 fully saturated rings. The van der Waals surface area contributed by atoms with E-state index in [1.54, 1.807) is 14.1 Å². The molecule has 7 heteroatoms. The van der Waals surface area contributed by atoms with Crippen LogP contribution in [0.15, 0.2) is 0 Å². The van der Waals surface area contributed by atoms with Gasteiger partial charge in [0.05, 0.1) is 39.6 Å². The number of ketones is 1. The zero-order valence-corrected chi connectivity index (χ0v) is 14.1. The van der Waals surface area contributed by atoms with E-state index in [4.69, 9.17) is 18.9 Å². The Morgan fingerprint density at radius 1 is 0.773 bits per heavy atom. The van der Waals surface area contributed by atoms with E-state index in [2.05, 4.69) is 0 Å². The van der Waals surface area contributed by atoms with Crippen LogP contribution in [0.2, 0.25) is 0 Å². The minimum Gasteiger partial charge on any atom is -0.377 e. The van der Waals surface area contributed by atoms with Crippen LogP contribution < -0.4 is 0 Å². The zero-order valence-electron chi connectivity index (χ0n) is 14.1. The zero-order chi connectivity index (χ0) is 16.8. The van der Waals surface area contributed by atoms with Crippen LogP contribution in [0, 0.1) is 5.92 Å². The van der Waals surface area contributed by atoms with Crippen molar-refractivity contribution in [3.63, 3.8) is 0 Å². The molecule has 0 saturated heterocycles. The Morgan fingerprint density at radius 2 is 1.18 bits per heavy atom. The minimum absolute atomic E-state index is 0.00422. The molecule has 0 saturated carbocycles. The van der Waals surface area contributed by atoms with E-state index in [-0.39, 0.29) is 30.8 Å². The quantitative estimate of drug-likeness (QED) is 0.431. The summed E-state index contributed by atoms with van der Waals surface area (Å²) < 4.78 is 20.9. The molecular formula is C15H29NO6. The molecule has 0 unspecified atom stereocenters. The number of hydrogen-bond donors (Lipinski definition) is 0. The first-order chi connectivity index (χ1) is 10.4. The molecule has 7 nitrogen and oxygen atoms in total. The predicted octanol–water partition coefficient (Wildman–Crippen LogP) is 0.366. The molecule has 0 spiro atoms. The monoisotopic (exact) mass is 319 g/mol. The maximum Gasteiger partial charge on any atom is 0.248 e. The van der Waals surface area contributed by atoms with Crippen molar-refractivity contribution >= 4 is 11.7 Å². The Balaban J connectivity index is 3.18. The van der Waals surface area contributed by atoms with Crippen LogP contribution in [0.4, 0.5) is 0 Å². The molecule has 0 N–H and O–H groups in total. The van der Waals surface area contributed by atoms with Gasteiger partial charge in [0.15, 0.2) is 5.78 Å². The first-order valence-corrected chi connectivity index (χ1v) is 7.49. The van der Waals surface area contributed by atoms with Gasteiger partial charge >= 0.3 is 0 Å². The second kappa shape index (κ2) is 13.6. The molecule has 0 atom stereocenters. The first kappa shape index (κ1) is 21.0. The number of nitrogens with zero attached hydrogens (tertiary/aromatic N) is 1. The molecule has 0 aliphatic rings. The van der Waals surface area contributed by atoms with Gasteiger partial charge in [0, 0.05) is 20.0 Å². The van der Waals surface area contributed by atoms with E-state index in [0.717, 1.165) is 0 Å². The van der Waals surface area contributed by atoms with Gasteiger partial charge in [0.2, 0.25) is 5.91 Å². The average molecular weight is 319 g/mol. The molecule has 0 aromatic heterocycles. The molecule has 0 bridgehead atoms. The maximum absolute atomic E-state index is 11.3. The molecule has 0 aromatic rings. The fourth-order valence-electron chi connectivity index (χ4n) is 1.19. The van der Waals surface area contributed by atoms with E-state index in [1.165, 1.54) is 4.90 Å². The maximum atomic E-state index is 11.3. The summed E-state index contributed by atoms with van der Waals surface area (Å²) in [6, 6.07) is 0. The van der Waals surface area contributed by atoms with E-state index in [1.807, 2.05) is 13.8 Å². The summed E-state index contributed by atoms with van der Waals surface area (Å²) in [5.41, 5.74) is 0. The summed E-state index contributed by atoms with van der Waals surface area (Å²) >= 11 is 0. The predicted molar refractivity (Wildman–Crippen MR) is 81.8 cm³/mol. The van der Waals surface area contributed by atoms with Crippen LogP contribution in [-0.4, -0.2) is 83.5 Å². The average Bonchev–Trinajstić information content (AvgIpc) is 2.47. The lowest BCUT2D eigenvalue weighted by atomic mass is 10.1. The number of hydrogen-bond acceptors (Lipinski definition) is 6. The summed E-state index contributed by atoms with van der Waals surface area (Å²) in [5, 5.41) is 0. The molecule has 0 aliphatic carbocycles. The van der Waals surface area contributed by atoms with Crippen molar-refractivity contribution < 1.29 is 28.5 Å². The number of carbonyl (C=O) groups excluding carboxylic acids is 2. The third-order valence-electron chi connectivity index (χ3n) is 2.73. The number of ether oxygens (including phenoxy) is 4. The Hall–Kier alpha value is -1.02. The van der Waals surface area contributed by atoms with Gasteiger partial charge in [-0.2, -0.15) is 0 Å². The number of rotatable bonds is 14. The van der Waals surface area contributed by atoms with Crippen LogP contribution in [0.3, 0.4) is 0 Å². The summed E-state index contributed by atoms with van der Waals surface area (Å²) in [7, 11) is 3.37. The van der Waals surface area contributed by atoms with Gasteiger partial charge in [0.25, 0.3) is 0 Å². The third kappa shape index (κ3) is 12.7. The number of amides is 1. The van der Waals surface area contributed by atoms with Crippen molar-refractivity contribution in [2.45, 2.75) is 13.8 Å². The van der Waals surface area contributed by atoms with Gasteiger partial charge in [-0.25, -0.2) is 0 Å². The van der Waals surface area contributed by atoms with Crippen LogP contribution >= 0.6 is 0 Å². The van der Waals surface area contributed by atoms with Crippen LogP contribution in [-0.2, 0) is 28.5 Å². The number of carbonyl (C=O) groups is 2. The molecule has 22 heavy (non-hydrogen) atoms. The highest BCUT2D eigenvalue weighted by Crippen LogP contribution is 1.94. The van der Waals surface area contributed by atoms with Crippen molar-refractivity contribution in [1.29, 1.82) is 0 Å². The highest BCUT2D eigenvalue weighted by Gasteiger charge is 2.06. The van der Waals surface area contributed by atoms with Gasteiger partial charge < -0.3 is 23.8 Å². The Labute approximate surface area is 132 Å². The van der Waals surface area contributed by atoms with E-state index in [9.17, 15) is 9.59 Å². The molecule has 1 amide bonds. The number of Topliss-reactive ketones (excluding diaryl/α,β-unsaturated/α-hetero) is 1. The summed E-state index contributed by atoms with van der Waals surface area (Å²) in [5.74, 6) is 0.0277. The summed E-state index contributed by atoms with van der Waals surface area (Å²) in [6.45, 7) is 6.44. The van der Waals surface area contributed by atoms with E-state index in [0.29, 0.717) is 39.6 Å². The van der Waals surface area contributed by atoms with Crippen LogP contribution in [0.1, 0.15) is 13.8 Å². The highest BCUT2D eigenvalue weighted by atomic mass is 16.6. The van der Waals surface area contributed by atoms with Crippen LogP contribution in [0.5, 0.6) is 0 Å². The molecule has 0 radical (unpaired) electrons. The third-order valence-corrected chi connectivity index (χ3v) is 2.73.